The normalized spacial score (nSPS) is 30.4. The van der Waals surface area contributed by atoms with Crippen LogP contribution in [0.2, 0.25) is 0 Å². The van der Waals surface area contributed by atoms with Crippen LogP contribution in [0.1, 0.15) is 71.9 Å². The second-order valence-electron chi connectivity index (χ2n) is 19.7. The Kier molecular flexibility index (Phi) is 14.0. The summed E-state index contributed by atoms with van der Waals surface area (Å²) in [7, 11) is 0. The number of nitrogens with one attached hydrogen (secondary N) is 1. The SMILES string of the molecule is CC1(C)O[C@@H]2C[C@H]3[C@@H]4C[C@H](F)C5=CC(=O)C=C[C@]5(C)[C@@]4(F)[C@@H](O)C[C@]3(C)[C@]2(C(=O)CO)O1.CCN(CC)CC(=O)Nc1c(C)cccc1C.O=c1c(-c2ccc(O)cc2)coc2cc(O)cc(O)c12. The van der Waals surface area contributed by atoms with E-state index in [2.05, 4.69) is 24.1 Å². The zero-order valence-electron chi connectivity index (χ0n) is 40.1. The van der Waals surface area contributed by atoms with Crippen molar-refractivity contribution in [3.8, 4) is 28.4 Å². The van der Waals surface area contributed by atoms with Gasteiger partial charge >= 0.3 is 0 Å². The Bertz CT molecular complexity index is 2750. The van der Waals surface area contributed by atoms with Crippen molar-refractivity contribution in [3.05, 3.63) is 106 Å². The molecule has 0 radical (unpaired) electrons. The first-order chi connectivity index (χ1) is 32.4. The third-order valence-corrected chi connectivity index (χ3v) is 15.2. The predicted molar refractivity (Wildman–Crippen MR) is 254 cm³/mol. The molecule has 2 heterocycles. The van der Waals surface area contributed by atoms with Gasteiger partial charge in [-0.25, -0.2) is 8.78 Å². The molecule has 3 aromatic carbocycles. The van der Waals surface area contributed by atoms with Crippen LogP contribution in [0.5, 0.6) is 17.2 Å². The van der Waals surface area contributed by atoms with E-state index in [0.29, 0.717) is 12.1 Å². The summed E-state index contributed by atoms with van der Waals surface area (Å²) in [5.74, 6) is -3.90. The number of allylic oxidation sites excluding steroid dienone is 4. The van der Waals surface area contributed by atoms with E-state index in [0.717, 1.165) is 42.0 Å². The van der Waals surface area contributed by atoms with Gasteiger partial charge in [-0.2, -0.15) is 0 Å². The molecular formula is C53H62F2N2O12. The first-order valence-electron chi connectivity index (χ1n) is 23.2. The minimum Gasteiger partial charge on any atom is -0.508 e. The van der Waals surface area contributed by atoms with Gasteiger partial charge in [0.25, 0.3) is 0 Å². The van der Waals surface area contributed by atoms with Crippen molar-refractivity contribution in [2.75, 3.05) is 31.6 Å². The summed E-state index contributed by atoms with van der Waals surface area (Å²) in [6.07, 6.45) is 1.11. The summed E-state index contributed by atoms with van der Waals surface area (Å²) in [4.78, 5) is 51.4. The maximum Gasteiger partial charge on any atom is 0.238 e. The van der Waals surface area contributed by atoms with E-state index in [4.69, 9.17) is 13.9 Å². The lowest BCUT2D eigenvalue weighted by Gasteiger charge is -2.63. The van der Waals surface area contributed by atoms with Crippen molar-refractivity contribution < 1.29 is 62.6 Å². The van der Waals surface area contributed by atoms with E-state index in [9.17, 15) is 44.7 Å². The van der Waals surface area contributed by atoms with Crippen LogP contribution in [0.4, 0.5) is 14.5 Å². The van der Waals surface area contributed by atoms with Crippen LogP contribution < -0.4 is 10.7 Å². The number of likely N-dealkylation sites (N-methyl/N-ethyl adjacent to an activating group) is 1. The van der Waals surface area contributed by atoms with Gasteiger partial charge in [0, 0.05) is 34.6 Å². The number of ketones is 2. The maximum atomic E-state index is 17.1. The number of aliphatic hydroxyl groups excluding tert-OH is 2. The molecule has 1 saturated heterocycles. The Morgan fingerprint density at radius 3 is 2.19 bits per heavy atom. The Hall–Kier alpha value is -5.78. The van der Waals surface area contributed by atoms with Crippen molar-refractivity contribution >= 4 is 34.1 Å². The van der Waals surface area contributed by atoms with Gasteiger partial charge in [0.05, 0.1) is 24.3 Å². The third kappa shape index (κ3) is 8.68. The molecule has 1 aliphatic heterocycles. The first-order valence-corrected chi connectivity index (χ1v) is 23.2. The molecule has 0 unspecified atom stereocenters. The second kappa shape index (κ2) is 18.9. The van der Waals surface area contributed by atoms with E-state index in [1.165, 1.54) is 43.5 Å². The highest BCUT2D eigenvalue weighted by atomic mass is 19.1. The van der Waals surface area contributed by atoms with Gasteiger partial charge in [-0.3, -0.25) is 24.1 Å². The average molecular weight is 957 g/mol. The second-order valence-corrected chi connectivity index (χ2v) is 19.7. The van der Waals surface area contributed by atoms with E-state index in [-0.39, 0.29) is 64.5 Å². The summed E-state index contributed by atoms with van der Waals surface area (Å²) in [6.45, 7) is 16.3. The monoisotopic (exact) mass is 956 g/mol. The number of ether oxygens (including phenoxy) is 2. The van der Waals surface area contributed by atoms with E-state index in [1.54, 1.807) is 32.9 Å². The van der Waals surface area contributed by atoms with Gasteiger partial charge in [-0.05, 0) is 119 Å². The molecule has 69 heavy (non-hydrogen) atoms. The lowest BCUT2D eigenvalue weighted by Crippen LogP contribution is -2.71. The van der Waals surface area contributed by atoms with E-state index in [1.807, 2.05) is 32.0 Å². The number of hydrogen-bond acceptors (Lipinski definition) is 13. The smallest absolute Gasteiger partial charge is 0.238 e. The number of carbonyl (C=O) groups is 3. The van der Waals surface area contributed by atoms with Crippen molar-refractivity contribution in [1.82, 2.24) is 4.90 Å². The topological polar surface area (TPSA) is 216 Å². The highest BCUT2D eigenvalue weighted by Gasteiger charge is 2.80. The van der Waals surface area contributed by atoms with Gasteiger partial charge in [0.15, 0.2) is 28.6 Å². The molecule has 16 heteroatoms. The van der Waals surface area contributed by atoms with Crippen molar-refractivity contribution in [3.63, 3.8) is 0 Å². The molecule has 9 atom stereocenters. The minimum absolute atomic E-state index is 0.00775. The number of amides is 1. The Morgan fingerprint density at radius 2 is 1.57 bits per heavy atom. The molecule has 3 saturated carbocycles. The largest absolute Gasteiger partial charge is 0.508 e. The summed E-state index contributed by atoms with van der Waals surface area (Å²) in [5.41, 5.74) is -2.61. The molecular weight excluding hydrogens is 895 g/mol. The number of aromatic hydroxyl groups is 3. The highest BCUT2D eigenvalue weighted by molar-refractivity contribution is 6.01. The van der Waals surface area contributed by atoms with Crippen LogP contribution in [0, 0.1) is 36.5 Å². The number of hydrogen-bond donors (Lipinski definition) is 6. The molecule has 370 valence electrons. The fraction of sp³-hybridized carbons (Fsp3) is 0.472. The number of anilines is 1. The van der Waals surface area contributed by atoms with E-state index >= 15 is 8.78 Å². The Labute approximate surface area is 399 Å². The molecule has 4 aliphatic carbocycles. The number of benzene rings is 3. The van der Waals surface area contributed by atoms with E-state index < -0.39 is 81.7 Å². The summed E-state index contributed by atoms with van der Waals surface area (Å²) >= 11 is 0. The molecule has 1 amide bonds. The van der Waals surface area contributed by atoms with Crippen LogP contribution in [0.15, 0.2) is 93.9 Å². The quantitative estimate of drug-likeness (QED) is 0.101. The van der Waals surface area contributed by atoms with Gasteiger partial charge in [0.2, 0.25) is 11.3 Å². The molecule has 9 rings (SSSR count). The Morgan fingerprint density at radius 1 is 0.913 bits per heavy atom. The van der Waals surface area contributed by atoms with Gasteiger partial charge in [0.1, 0.15) is 47.3 Å². The number of fused-ring (bicyclic) bond motifs is 8. The number of rotatable bonds is 8. The van der Waals surface area contributed by atoms with Crippen LogP contribution in [0.25, 0.3) is 22.1 Å². The van der Waals surface area contributed by atoms with Crippen molar-refractivity contribution in [1.29, 1.82) is 0 Å². The average Bonchev–Trinajstić information content (AvgIpc) is 3.70. The molecule has 6 N–H and O–H groups in total. The zero-order valence-corrected chi connectivity index (χ0v) is 40.1. The number of carbonyl (C=O) groups excluding carboxylic acids is 3. The molecule has 14 nitrogen and oxygen atoms in total. The van der Waals surface area contributed by atoms with Gasteiger partial charge < -0.3 is 44.7 Å². The highest BCUT2D eigenvalue weighted by Crippen LogP contribution is 2.72. The number of aryl methyl sites for hydroxylation is 2. The first kappa shape index (κ1) is 51.1. The van der Waals surface area contributed by atoms with Crippen LogP contribution >= 0.6 is 0 Å². The maximum absolute atomic E-state index is 17.1. The van der Waals surface area contributed by atoms with Crippen LogP contribution in [-0.2, 0) is 23.9 Å². The number of phenolic OH excluding ortho intramolecular Hbond substituents is 3. The number of Topliss-reactive ketones (excluding diaryl/α,β-unsaturated/α-hetero) is 1. The van der Waals surface area contributed by atoms with Crippen molar-refractivity contribution in [2.45, 2.75) is 110 Å². The molecule has 1 aromatic heterocycles. The lowest BCUT2D eigenvalue weighted by atomic mass is 9.44. The lowest BCUT2D eigenvalue weighted by molar-refractivity contribution is -0.248. The van der Waals surface area contributed by atoms with Gasteiger partial charge in [-0.1, -0.05) is 57.2 Å². The molecule has 0 bridgehead atoms. The Balaban J connectivity index is 0.000000164. The fourth-order valence-corrected chi connectivity index (χ4v) is 11.8. The molecule has 5 aliphatic rings. The predicted octanol–water partition coefficient (Wildman–Crippen LogP) is 7.53. The number of para-hydroxylation sites is 1. The number of phenols is 3. The van der Waals surface area contributed by atoms with Crippen molar-refractivity contribution in [2.24, 2.45) is 22.7 Å². The summed E-state index contributed by atoms with van der Waals surface area (Å²) in [5, 5.41) is 52.5. The number of nitrogens with zero attached hydrogens (tertiary/aromatic N) is 1. The molecule has 0 spiro atoms. The molecule has 4 fully saturated rings. The minimum atomic E-state index is -2.24. The molecule has 4 aromatic rings. The number of halogens is 2. The zero-order chi connectivity index (χ0) is 50.6. The standard InChI is InChI=1S/C24H30F2O6.C15H10O5.C14H22N2O/c1-20(2)31-19-9-13-14-8-16(25)15-7-12(28)5-6-21(15,3)23(14,26)17(29)10-22(13,4)24(19,32-20)18(30)11-27;16-9-3-1-8(2-4-9)11-7-20-13-6-10(17)5-12(18)14(13)15(11)19;1-5-16(6-2)10-13(17)15-14-11(3)8-7-9-12(14)4/h5-7,13-14,16-17,19,27,29H,8-11H2,1-4H3;1-7,16-18H;7-9H,5-6,10H2,1-4H3,(H,15,17)/t13-,14-,16-,17-,19+,21-,22-,23-,24+;;/m0../s1. The van der Waals surface area contributed by atoms with Crippen LogP contribution in [0.3, 0.4) is 0 Å². The van der Waals surface area contributed by atoms with Gasteiger partial charge in [-0.15, -0.1) is 0 Å². The summed E-state index contributed by atoms with van der Waals surface area (Å²) < 4.78 is 50.1. The number of alkyl halides is 2. The fourth-order valence-electron chi connectivity index (χ4n) is 11.8. The summed E-state index contributed by atoms with van der Waals surface area (Å²) in [6, 6.07) is 14.4. The third-order valence-electron chi connectivity index (χ3n) is 15.2. The van der Waals surface area contributed by atoms with Crippen LogP contribution in [-0.4, -0.2) is 110 Å². The number of aliphatic hydroxyl groups is 2.